The summed E-state index contributed by atoms with van der Waals surface area (Å²) in [5.41, 5.74) is 5.37. The summed E-state index contributed by atoms with van der Waals surface area (Å²) in [6, 6.07) is 0. The van der Waals surface area contributed by atoms with Gasteiger partial charge in [0, 0.05) is 3.92 Å². The predicted molar refractivity (Wildman–Crippen MR) is 50.9 cm³/mol. The van der Waals surface area contributed by atoms with Gasteiger partial charge in [-0.05, 0) is 25.3 Å². The normalized spacial score (nSPS) is 14.3. The van der Waals surface area contributed by atoms with Crippen LogP contribution in [-0.4, -0.2) is 10.5 Å². The number of hydrogen-bond acceptors (Lipinski definition) is 1. The van der Waals surface area contributed by atoms with Gasteiger partial charge in [-0.15, -0.1) is 0 Å². The Bertz CT molecular complexity index is 63.9. The average Bonchev–Trinajstić information content (AvgIpc) is 1.82. The Balaban J connectivity index is 3.16. The van der Waals surface area contributed by atoms with Gasteiger partial charge in [0.2, 0.25) is 0 Å². The van der Waals surface area contributed by atoms with Crippen molar-refractivity contribution in [2.75, 3.05) is 6.54 Å². The van der Waals surface area contributed by atoms with E-state index in [1.54, 1.807) is 0 Å². The molecule has 0 rings (SSSR count). The molecule has 0 aliphatic heterocycles. The van der Waals surface area contributed by atoms with Crippen LogP contribution < -0.4 is 5.73 Å². The lowest BCUT2D eigenvalue weighted by Gasteiger charge is -2.11. The summed E-state index contributed by atoms with van der Waals surface area (Å²) in [4.78, 5) is 0. The molecule has 0 fully saturated rings. The van der Waals surface area contributed by atoms with Crippen LogP contribution in [0.4, 0.5) is 0 Å². The molecule has 56 valence electrons. The SMILES string of the molecule is CC(C)C(I)CCCN. The van der Waals surface area contributed by atoms with Crippen LogP contribution in [0, 0.1) is 5.92 Å². The van der Waals surface area contributed by atoms with E-state index in [2.05, 4.69) is 36.4 Å². The topological polar surface area (TPSA) is 26.0 Å². The van der Waals surface area contributed by atoms with E-state index in [1.807, 2.05) is 0 Å². The molecule has 0 aromatic carbocycles. The van der Waals surface area contributed by atoms with Crippen molar-refractivity contribution in [3.05, 3.63) is 0 Å². The largest absolute Gasteiger partial charge is 0.330 e. The quantitative estimate of drug-likeness (QED) is 0.592. The molecule has 0 heterocycles. The lowest BCUT2D eigenvalue weighted by atomic mass is 10.1. The Hall–Kier alpha value is 0.690. The van der Waals surface area contributed by atoms with E-state index in [9.17, 15) is 0 Å². The van der Waals surface area contributed by atoms with E-state index in [0.29, 0.717) is 0 Å². The average molecular weight is 241 g/mol. The highest BCUT2D eigenvalue weighted by Gasteiger charge is 2.06. The molecule has 0 saturated heterocycles. The van der Waals surface area contributed by atoms with Gasteiger partial charge in [0.05, 0.1) is 0 Å². The molecular weight excluding hydrogens is 225 g/mol. The number of halogens is 1. The summed E-state index contributed by atoms with van der Waals surface area (Å²) in [6.45, 7) is 5.35. The minimum Gasteiger partial charge on any atom is -0.330 e. The third-order valence-corrected chi connectivity index (χ3v) is 3.47. The summed E-state index contributed by atoms with van der Waals surface area (Å²) in [5.74, 6) is 0.803. The first-order chi connectivity index (χ1) is 4.18. The number of alkyl halides is 1. The molecule has 0 spiro atoms. The molecule has 0 bridgehead atoms. The third kappa shape index (κ3) is 5.15. The lowest BCUT2D eigenvalue weighted by molar-refractivity contribution is 0.576. The fourth-order valence-electron chi connectivity index (χ4n) is 0.646. The molecule has 0 radical (unpaired) electrons. The highest BCUT2D eigenvalue weighted by atomic mass is 127. The third-order valence-electron chi connectivity index (χ3n) is 1.41. The van der Waals surface area contributed by atoms with Crippen molar-refractivity contribution < 1.29 is 0 Å². The minimum absolute atomic E-state index is 0.803. The Morgan fingerprint density at radius 3 is 2.33 bits per heavy atom. The van der Waals surface area contributed by atoms with Crippen LogP contribution in [0.25, 0.3) is 0 Å². The Labute approximate surface area is 71.5 Å². The van der Waals surface area contributed by atoms with Gasteiger partial charge in [0.25, 0.3) is 0 Å². The van der Waals surface area contributed by atoms with Crippen LogP contribution in [0.3, 0.4) is 0 Å². The maximum atomic E-state index is 5.37. The van der Waals surface area contributed by atoms with E-state index < -0.39 is 0 Å². The van der Waals surface area contributed by atoms with Crippen molar-refractivity contribution in [2.24, 2.45) is 11.7 Å². The summed E-state index contributed by atoms with van der Waals surface area (Å²) in [6.07, 6.45) is 2.44. The molecule has 0 aromatic heterocycles. The van der Waals surface area contributed by atoms with Gasteiger partial charge < -0.3 is 5.73 Å². The van der Waals surface area contributed by atoms with Gasteiger partial charge in [-0.2, -0.15) is 0 Å². The van der Waals surface area contributed by atoms with Gasteiger partial charge in [-0.3, -0.25) is 0 Å². The smallest absolute Gasteiger partial charge is 0.0133 e. The molecule has 1 unspecified atom stereocenters. The molecule has 0 saturated carbocycles. The van der Waals surface area contributed by atoms with Gasteiger partial charge in [0.1, 0.15) is 0 Å². The first-order valence-corrected chi connectivity index (χ1v) is 4.77. The van der Waals surface area contributed by atoms with Crippen molar-refractivity contribution >= 4 is 22.6 Å². The Kier molecular flexibility index (Phi) is 5.89. The van der Waals surface area contributed by atoms with Gasteiger partial charge >= 0.3 is 0 Å². The maximum absolute atomic E-state index is 5.37. The van der Waals surface area contributed by atoms with E-state index in [0.717, 1.165) is 16.4 Å². The van der Waals surface area contributed by atoms with Crippen LogP contribution in [-0.2, 0) is 0 Å². The molecule has 2 N–H and O–H groups in total. The van der Waals surface area contributed by atoms with Crippen molar-refractivity contribution in [1.82, 2.24) is 0 Å². The van der Waals surface area contributed by atoms with Crippen LogP contribution in [0.2, 0.25) is 0 Å². The molecule has 1 atom stereocenters. The molecule has 0 aliphatic carbocycles. The standard InChI is InChI=1S/C7H16IN/c1-6(2)7(8)4-3-5-9/h6-7H,3-5,9H2,1-2H3. The van der Waals surface area contributed by atoms with Crippen molar-refractivity contribution in [3.8, 4) is 0 Å². The molecule has 2 heteroatoms. The molecule has 0 aromatic rings. The highest BCUT2D eigenvalue weighted by molar-refractivity contribution is 14.1. The van der Waals surface area contributed by atoms with Gasteiger partial charge in [-0.1, -0.05) is 36.4 Å². The number of hydrogen-bond donors (Lipinski definition) is 1. The van der Waals surface area contributed by atoms with Crippen LogP contribution in [0.5, 0.6) is 0 Å². The van der Waals surface area contributed by atoms with Crippen molar-refractivity contribution in [2.45, 2.75) is 30.6 Å². The highest BCUT2D eigenvalue weighted by Crippen LogP contribution is 2.17. The first-order valence-electron chi connectivity index (χ1n) is 3.52. The van der Waals surface area contributed by atoms with Crippen molar-refractivity contribution in [3.63, 3.8) is 0 Å². The molecule has 9 heavy (non-hydrogen) atoms. The molecule has 0 amide bonds. The summed E-state index contributed by atoms with van der Waals surface area (Å²) < 4.78 is 0.811. The van der Waals surface area contributed by atoms with E-state index in [-0.39, 0.29) is 0 Å². The zero-order chi connectivity index (χ0) is 7.28. The van der Waals surface area contributed by atoms with Gasteiger partial charge in [-0.25, -0.2) is 0 Å². The zero-order valence-electron chi connectivity index (χ0n) is 6.23. The van der Waals surface area contributed by atoms with Crippen LogP contribution >= 0.6 is 22.6 Å². The Morgan fingerprint density at radius 1 is 1.44 bits per heavy atom. The van der Waals surface area contributed by atoms with E-state index in [1.165, 1.54) is 12.8 Å². The second-order valence-corrected chi connectivity index (χ2v) is 4.29. The maximum Gasteiger partial charge on any atom is 0.0133 e. The monoisotopic (exact) mass is 241 g/mol. The van der Waals surface area contributed by atoms with Crippen molar-refractivity contribution in [1.29, 1.82) is 0 Å². The van der Waals surface area contributed by atoms with E-state index >= 15 is 0 Å². The van der Waals surface area contributed by atoms with E-state index in [4.69, 9.17) is 5.73 Å². The lowest BCUT2D eigenvalue weighted by Crippen LogP contribution is -2.09. The Morgan fingerprint density at radius 2 is 2.00 bits per heavy atom. The van der Waals surface area contributed by atoms with Crippen LogP contribution in [0.1, 0.15) is 26.7 Å². The number of rotatable bonds is 4. The predicted octanol–water partition coefficient (Wildman–Crippen LogP) is 2.18. The van der Waals surface area contributed by atoms with Gasteiger partial charge in [0.15, 0.2) is 0 Å². The minimum atomic E-state index is 0.803. The zero-order valence-corrected chi connectivity index (χ0v) is 8.39. The fraction of sp³-hybridized carbons (Fsp3) is 1.00. The number of nitrogens with two attached hydrogens (primary N) is 1. The summed E-state index contributed by atoms with van der Waals surface area (Å²) in [5, 5.41) is 0. The second kappa shape index (κ2) is 5.47. The van der Waals surface area contributed by atoms with Crippen LogP contribution in [0.15, 0.2) is 0 Å². The summed E-state index contributed by atoms with van der Waals surface area (Å²) >= 11 is 2.50. The first kappa shape index (κ1) is 9.69. The molecular formula is C7H16IN. The molecule has 1 nitrogen and oxygen atoms in total. The summed E-state index contributed by atoms with van der Waals surface area (Å²) in [7, 11) is 0. The second-order valence-electron chi connectivity index (χ2n) is 2.69. The molecule has 0 aliphatic rings. The fourth-order valence-corrected chi connectivity index (χ4v) is 1.09.